The van der Waals surface area contributed by atoms with Crippen LogP contribution in [-0.2, 0) is 16.1 Å². The van der Waals surface area contributed by atoms with Crippen LogP contribution < -0.4 is 14.8 Å². The Morgan fingerprint density at radius 3 is 2.16 bits per heavy atom. The first-order valence-corrected chi connectivity index (χ1v) is 10.9. The van der Waals surface area contributed by atoms with Crippen LogP contribution in [0.1, 0.15) is 39.2 Å². The van der Waals surface area contributed by atoms with Crippen LogP contribution in [0.3, 0.4) is 0 Å². The molecule has 0 radical (unpaired) electrons. The van der Waals surface area contributed by atoms with Crippen LogP contribution in [0, 0.1) is 0 Å². The first-order chi connectivity index (χ1) is 14.9. The fourth-order valence-corrected chi connectivity index (χ4v) is 3.17. The van der Waals surface area contributed by atoms with Crippen LogP contribution in [0.5, 0.6) is 11.5 Å². The maximum atomic E-state index is 13.1. The Kier molecular flexibility index (Phi) is 9.66. The summed E-state index contributed by atoms with van der Waals surface area (Å²) in [6.07, 6.45) is 1.30. The highest BCUT2D eigenvalue weighted by Crippen LogP contribution is 2.18. The van der Waals surface area contributed by atoms with Crippen molar-refractivity contribution in [2.45, 2.75) is 52.2 Å². The molecule has 0 aromatic heterocycles. The summed E-state index contributed by atoms with van der Waals surface area (Å²) >= 11 is 5.90. The van der Waals surface area contributed by atoms with Crippen LogP contribution in [0.25, 0.3) is 0 Å². The Labute approximate surface area is 189 Å². The van der Waals surface area contributed by atoms with Gasteiger partial charge < -0.3 is 19.7 Å². The van der Waals surface area contributed by atoms with Crippen molar-refractivity contribution < 1.29 is 19.1 Å². The summed E-state index contributed by atoms with van der Waals surface area (Å²) in [5.41, 5.74) is 0.899. The van der Waals surface area contributed by atoms with Gasteiger partial charge in [0.1, 0.15) is 17.5 Å². The van der Waals surface area contributed by atoms with Crippen LogP contribution in [0.4, 0.5) is 0 Å². The highest BCUT2D eigenvalue weighted by Gasteiger charge is 2.29. The normalized spacial score (nSPS) is 12.5. The van der Waals surface area contributed by atoms with Gasteiger partial charge in [-0.25, -0.2) is 0 Å². The Hall–Kier alpha value is -2.73. The third-order valence-electron chi connectivity index (χ3n) is 5.07. The second-order valence-electron chi connectivity index (χ2n) is 7.35. The topological polar surface area (TPSA) is 67.9 Å². The molecule has 0 heterocycles. The zero-order valence-electron chi connectivity index (χ0n) is 18.6. The highest BCUT2D eigenvalue weighted by molar-refractivity contribution is 6.30. The number of methoxy groups -OCH3 is 1. The van der Waals surface area contributed by atoms with Crippen molar-refractivity contribution in [1.82, 2.24) is 10.2 Å². The SMILES string of the molecule is CC[C@H](C)NC(=O)[C@H](CC)N(Cc1ccc(OC)cc1)C(=O)COc1ccc(Cl)cc1. The minimum atomic E-state index is -0.600. The second kappa shape index (κ2) is 12.2. The van der Waals surface area contributed by atoms with E-state index in [4.69, 9.17) is 21.1 Å². The molecule has 0 saturated carbocycles. The number of carbonyl (C=O) groups is 2. The summed E-state index contributed by atoms with van der Waals surface area (Å²) in [4.78, 5) is 27.6. The molecule has 2 atom stereocenters. The van der Waals surface area contributed by atoms with E-state index in [-0.39, 0.29) is 24.5 Å². The molecule has 2 aromatic rings. The second-order valence-corrected chi connectivity index (χ2v) is 7.79. The lowest BCUT2D eigenvalue weighted by molar-refractivity contribution is -0.143. The fourth-order valence-electron chi connectivity index (χ4n) is 3.05. The Morgan fingerprint density at radius 2 is 1.61 bits per heavy atom. The Balaban J connectivity index is 2.20. The predicted molar refractivity (Wildman–Crippen MR) is 122 cm³/mol. The van der Waals surface area contributed by atoms with Crippen molar-refractivity contribution in [1.29, 1.82) is 0 Å². The van der Waals surface area contributed by atoms with Crippen LogP contribution in [0.2, 0.25) is 5.02 Å². The number of rotatable bonds is 11. The number of nitrogens with zero attached hydrogens (tertiary/aromatic N) is 1. The molecule has 7 heteroatoms. The molecule has 1 N–H and O–H groups in total. The summed E-state index contributed by atoms with van der Waals surface area (Å²) in [7, 11) is 1.60. The number of nitrogens with one attached hydrogen (secondary N) is 1. The number of hydrogen-bond acceptors (Lipinski definition) is 4. The number of ether oxygens (including phenoxy) is 2. The monoisotopic (exact) mass is 446 g/mol. The summed E-state index contributed by atoms with van der Waals surface area (Å²) in [6.45, 7) is 5.97. The van der Waals surface area contributed by atoms with Crippen molar-refractivity contribution >= 4 is 23.4 Å². The van der Waals surface area contributed by atoms with Gasteiger partial charge in [-0.15, -0.1) is 0 Å². The van der Waals surface area contributed by atoms with Gasteiger partial charge >= 0.3 is 0 Å². The van der Waals surface area contributed by atoms with E-state index < -0.39 is 6.04 Å². The molecule has 0 fully saturated rings. The Morgan fingerprint density at radius 1 is 1.00 bits per heavy atom. The number of amides is 2. The fraction of sp³-hybridized carbons (Fsp3) is 0.417. The molecule has 0 saturated heterocycles. The van der Waals surface area contributed by atoms with Gasteiger partial charge in [0.2, 0.25) is 5.91 Å². The molecule has 6 nitrogen and oxygen atoms in total. The summed E-state index contributed by atoms with van der Waals surface area (Å²) in [5, 5.41) is 3.58. The van der Waals surface area contributed by atoms with Gasteiger partial charge in [-0.1, -0.05) is 37.6 Å². The lowest BCUT2D eigenvalue weighted by atomic mass is 10.1. The smallest absolute Gasteiger partial charge is 0.261 e. The molecule has 2 aromatic carbocycles. The van der Waals surface area contributed by atoms with Crippen molar-refractivity contribution in [2.75, 3.05) is 13.7 Å². The van der Waals surface area contributed by atoms with Crippen LogP contribution in [-0.4, -0.2) is 42.5 Å². The lowest BCUT2D eigenvalue weighted by Gasteiger charge is -2.31. The van der Waals surface area contributed by atoms with E-state index >= 15 is 0 Å². The molecule has 2 amide bonds. The molecule has 0 aliphatic carbocycles. The maximum Gasteiger partial charge on any atom is 0.261 e. The molecule has 0 bridgehead atoms. The van der Waals surface area contributed by atoms with Gasteiger partial charge in [0.05, 0.1) is 7.11 Å². The number of benzene rings is 2. The van der Waals surface area contributed by atoms with E-state index in [2.05, 4.69) is 5.32 Å². The zero-order chi connectivity index (χ0) is 22.8. The summed E-state index contributed by atoms with van der Waals surface area (Å²) in [6, 6.07) is 13.7. The van der Waals surface area contributed by atoms with Gasteiger partial charge in [-0.3, -0.25) is 9.59 Å². The van der Waals surface area contributed by atoms with Gasteiger partial charge in [0, 0.05) is 17.6 Å². The van der Waals surface area contributed by atoms with Crippen molar-refractivity contribution in [3.05, 3.63) is 59.1 Å². The average Bonchev–Trinajstić information content (AvgIpc) is 2.78. The first kappa shape index (κ1) is 24.5. The van der Waals surface area contributed by atoms with Crippen molar-refractivity contribution in [2.24, 2.45) is 0 Å². The van der Waals surface area contributed by atoms with E-state index in [1.54, 1.807) is 36.3 Å². The van der Waals surface area contributed by atoms with E-state index in [1.165, 1.54) is 0 Å². The van der Waals surface area contributed by atoms with Gasteiger partial charge in [0.15, 0.2) is 6.61 Å². The minimum Gasteiger partial charge on any atom is -0.497 e. The average molecular weight is 447 g/mol. The van der Waals surface area contributed by atoms with Crippen LogP contribution in [0.15, 0.2) is 48.5 Å². The van der Waals surface area contributed by atoms with Gasteiger partial charge in [-0.2, -0.15) is 0 Å². The molecular formula is C24H31ClN2O4. The van der Waals surface area contributed by atoms with E-state index in [0.29, 0.717) is 23.7 Å². The van der Waals surface area contributed by atoms with E-state index in [0.717, 1.165) is 17.7 Å². The zero-order valence-corrected chi connectivity index (χ0v) is 19.3. The number of halogens is 1. The van der Waals surface area contributed by atoms with E-state index in [1.807, 2.05) is 45.0 Å². The number of hydrogen-bond donors (Lipinski definition) is 1. The quantitative estimate of drug-likeness (QED) is 0.553. The summed E-state index contributed by atoms with van der Waals surface area (Å²) < 4.78 is 10.9. The Bertz CT molecular complexity index is 840. The minimum absolute atomic E-state index is 0.0322. The largest absolute Gasteiger partial charge is 0.497 e. The number of carbonyl (C=O) groups excluding carboxylic acids is 2. The van der Waals surface area contributed by atoms with Crippen molar-refractivity contribution in [3.8, 4) is 11.5 Å². The molecular weight excluding hydrogens is 416 g/mol. The molecule has 0 aliphatic heterocycles. The molecule has 0 spiro atoms. The molecule has 0 unspecified atom stereocenters. The molecule has 2 rings (SSSR count). The van der Waals surface area contributed by atoms with Crippen molar-refractivity contribution in [3.63, 3.8) is 0 Å². The molecule has 0 aliphatic rings. The maximum absolute atomic E-state index is 13.1. The highest BCUT2D eigenvalue weighted by atomic mass is 35.5. The molecule has 168 valence electrons. The van der Waals surface area contributed by atoms with Gasteiger partial charge in [-0.05, 0) is 61.7 Å². The third-order valence-corrected chi connectivity index (χ3v) is 5.33. The summed E-state index contributed by atoms with van der Waals surface area (Å²) in [5.74, 6) is 0.843. The first-order valence-electron chi connectivity index (χ1n) is 10.5. The predicted octanol–water partition coefficient (Wildman–Crippen LogP) is 4.45. The van der Waals surface area contributed by atoms with E-state index in [9.17, 15) is 9.59 Å². The lowest BCUT2D eigenvalue weighted by Crippen LogP contribution is -2.51. The molecule has 31 heavy (non-hydrogen) atoms. The third kappa shape index (κ3) is 7.47. The van der Waals surface area contributed by atoms with Gasteiger partial charge in [0.25, 0.3) is 5.91 Å². The standard InChI is InChI=1S/C24H31ClN2O4/c1-5-17(3)26-24(29)22(6-2)27(15-18-7-11-20(30-4)12-8-18)23(28)16-31-21-13-9-19(25)10-14-21/h7-14,17,22H,5-6,15-16H2,1-4H3,(H,26,29)/t17-,22-/m0/s1. The van der Waals surface area contributed by atoms with Crippen LogP contribution >= 0.6 is 11.6 Å².